The monoisotopic (exact) mass is 373 g/mol. The van der Waals surface area contributed by atoms with Gasteiger partial charge in [0.25, 0.3) is 10.0 Å². The van der Waals surface area contributed by atoms with Crippen LogP contribution in [-0.4, -0.2) is 29.2 Å². The van der Waals surface area contributed by atoms with Crippen molar-refractivity contribution < 1.29 is 31.4 Å². The number of methoxy groups -OCH3 is 2. The van der Waals surface area contributed by atoms with Crippen LogP contribution in [0.2, 0.25) is 0 Å². The van der Waals surface area contributed by atoms with E-state index in [1.807, 2.05) is 0 Å². The number of aryl methyl sites for hydroxylation is 1. The third-order valence-electron chi connectivity index (χ3n) is 3.26. The molecule has 0 bridgehead atoms. The molecule has 1 N–H and O–H groups in total. The standard InChI is InChI=1S/C16H17F2NO5S/c1-10-4-6-12(13(8-10)24-16(17)18)19-25(20,21)15-7-5-11(22-2)9-14(15)23-3/h4-9,16,19H,1-3H3. The normalized spacial score (nSPS) is 11.3. The van der Waals surface area contributed by atoms with E-state index in [0.29, 0.717) is 11.3 Å². The highest BCUT2D eigenvalue weighted by molar-refractivity contribution is 7.92. The minimum absolute atomic E-state index is 0.0512. The molecular weight excluding hydrogens is 356 g/mol. The highest BCUT2D eigenvalue weighted by Gasteiger charge is 2.22. The van der Waals surface area contributed by atoms with Gasteiger partial charge in [0.15, 0.2) is 0 Å². The summed E-state index contributed by atoms with van der Waals surface area (Å²) in [7, 11) is -1.37. The summed E-state index contributed by atoms with van der Waals surface area (Å²) in [5.41, 5.74) is 0.532. The zero-order chi connectivity index (χ0) is 18.6. The van der Waals surface area contributed by atoms with Gasteiger partial charge in [-0.05, 0) is 36.8 Å². The molecule has 6 nitrogen and oxygen atoms in total. The van der Waals surface area contributed by atoms with Gasteiger partial charge >= 0.3 is 6.61 Å². The zero-order valence-electron chi connectivity index (χ0n) is 13.7. The Morgan fingerprint density at radius 2 is 1.72 bits per heavy atom. The van der Waals surface area contributed by atoms with E-state index < -0.39 is 16.6 Å². The summed E-state index contributed by atoms with van der Waals surface area (Å²) in [4.78, 5) is -0.167. The molecular formula is C16H17F2NO5S. The fraction of sp³-hybridized carbons (Fsp3) is 0.250. The molecule has 0 heterocycles. The average molecular weight is 373 g/mol. The zero-order valence-corrected chi connectivity index (χ0v) is 14.6. The molecule has 0 unspecified atom stereocenters. The predicted molar refractivity (Wildman–Crippen MR) is 88.2 cm³/mol. The van der Waals surface area contributed by atoms with E-state index in [4.69, 9.17) is 9.47 Å². The highest BCUT2D eigenvalue weighted by Crippen LogP contribution is 2.33. The van der Waals surface area contributed by atoms with Crippen molar-refractivity contribution in [1.82, 2.24) is 0 Å². The smallest absolute Gasteiger partial charge is 0.387 e. The molecule has 2 aromatic carbocycles. The molecule has 0 atom stereocenters. The minimum Gasteiger partial charge on any atom is -0.497 e. The molecule has 0 aliphatic carbocycles. The number of sulfonamides is 1. The molecule has 9 heteroatoms. The molecule has 0 aliphatic rings. The fourth-order valence-corrected chi connectivity index (χ4v) is 3.33. The summed E-state index contributed by atoms with van der Waals surface area (Å²) in [6.45, 7) is -1.41. The van der Waals surface area contributed by atoms with Gasteiger partial charge in [-0.25, -0.2) is 8.42 Å². The van der Waals surface area contributed by atoms with Crippen molar-refractivity contribution in [2.24, 2.45) is 0 Å². The Kier molecular flexibility index (Phi) is 5.68. The number of benzene rings is 2. The van der Waals surface area contributed by atoms with Crippen LogP contribution in [0.3, 0.4) is 0 Å². The molecule has 0 aliphatic heterocycles. The minimum atomic E-state index is -4.11. The quantitative estimate of drug-likeness (QED) is 0.805. The SMILES string of the molecule is COc1ccc(S(=O)(=O)Nc2ccc(C)cc2OC(F)F)c(OC)c1. The third-order valence-corrected chi connectivity index (χ3v) is 4.66. The first kappa shape index (κ1) is 18.8. The Labute approximate surface area is 144 Å². The number of rotatable bonds is 7. The summed E-state index contributed by atoms with van der Waals surface area (Å²) in [5, 5.41) is 0. The van der Waals surface area contributed by atoms with E-state index in [1.54, 1.807) is 13.0 Å². The van der Waals surface area contributed by atoms with Crippen molar-refractivity contribution in [3.8, 4) is 17.2 Å². The largest absolute Gasteiger partial charge is 0.497 e. The van der Waals surface area contributed by atoms with Crippen molar-refractivity contribution in [2.75, 3.05) is 18.9 Å². The van der Waals surface area contributed by atoms with Gasteiger partial charge in [0.05, 0.1) is 19.9 Å². The topological polar surface area (TPSA) is 73.9 Å². The first-order valence-electron chi connectivity index (χ1n) is 7.07. The molecule has 0 fully saturated rings. The molecule has 2 aromatic rings. The summed E-state index contributed by atoms with van der Waals surface area (Å²) in [5.74, 6) is 0.189. The number of hydrogen-bond acceptors (Lipinski definition) is 5. The van der Waals surface area contributed by atoms with Crippen LogP contribution in [0.4, 0.5) is 14.5 Å². The second kappa shape index (κ2) is 7.56. The van der Waals surface area contributed by atoms with Gasteiger partial charge < -0.3 is 14.2 Å². The van der Waals surface area contributed by atoms with Gasteiger partial charge in [0.2, 0.25) is 0 Å². The van der Waals surface area contributed by atoms with Crippen molar-refractivity contribution in [3.05, 3.63) is 42.0 Å². The van der Waals surface area contributed by atoms with Crippen LogP contribution in [0.1, 0.15) is 5.56 Å². The van der Waals surface area contributed by atoms with Crippen molar-refractivity contribution in [1.29, 1.82) is 0 Å². The molecule has 0 spiro atoms. The van der Waals surface area contributed by atoms with Crippen LogP contribution in [0.5, 0.6) is 17.2 Å². The van der Waals surface area contributed by atoms with E-state index in [0.717, 1.165) is 0 Å². The average Bonchev–Trinajstić information content (AvgIpc) is 2.56. The summed E-state index contributed by atoms with van der Waals surface area (Å²) in [6, 6.07) is 8.38. The molecule has 25 heavy (non-hydrogen) atoms. The molecule has 0 aromatic heterocycles. The van der Waals surface area contributed by atoms with E-state index >= 15 is 0 Å². The van der Waals surface area contributed by atoms with Gasteiger partial charge in [-0.1, -0.05) is 6.07 Å². The number of anilines is 1. The summed E-state index contributed by atoms with van der Waals surface area (Å²) >= 11 is 0. The predicted octanol–water partition coefficient (Wildman–Crippen LogP) is 3.41. The summed E-state index contributed by atoms with van der Waals surface area (Å²) in [6.07, 6.45) is 0. The second-order valence-corrected chi connectivity index (χ2v) is 6.65. The van der Waals surface area contributed by atoms with Crippen molar-refractivity contribution in [3.63, 3.8) is 0 Å². The number of ether oxygens (including phenoxy) is 3. The molecule has 0 saturated heterocycles. The number of hydrogen-bond donors (Lipinski definition) is 1. The number of nitrogens with one attached hydrogen (secondary N) is 1. The van der Waals surface area contributed by atoms with Gasteiger partial charge in [-0.15, -0.1) is 0 Å². The number of halogens is 2. The molecule has 0 radical (unpaired) electrons. The number of alkyl halides is 2. The highest BCUT2D eigenvalue weighted by atomic mass is 32.2. The van der Waals surface area contributed by atoms with E-state index in [-0.39, 0.29) is 22.1 Å². The third kappa shape index (κ3) is 4.50. The van der Waals surface area contributed by atoms with Gasteiger partial charge in [0.1, 0.15) is 22.1 Å². The van der Waals surface area contributed by atoms with Crippen LogP contribution in [0, 0.1) is 6.92 Å². The Hall–Kier alpha value is -2.55. The van der Waals surface area contributed by atoms with Crippen molar-refractivity contribution >= 4 is 15.7 Å². The fourth-order valence-electron chi connectivity index (χ4n) is 2.10. The lowest BCUT2D eigenvalue weighted by Crippen LogP contribution is -2.15. The maximum Gasteiger partial charge on any atom is 0.387 e. The van der Waals surface area contributed by atoms with E-state index in [9.17, 15) is 17.2 Å². The Balaban J connectivity index is 2.43. The lowest BCUT2D eigenvalue weighted by Gasteiger charge is -2.15. The molecule has 0 saturated carbocycles. The van der Waals surface area contributed by atoms with Crippen LogP contribution >= 0.6 is 0 Å². The van der Waals surface area contributed by atoms with Crippen LogP contribution < -0.4 is 18.9 Å². The van der Waals surface area contributed by atoms with Gasteiger partial charge in [-0.3, -0.25) is 4.72 Å². The molecule has 2 rings (SSSR count). The summed E-state index contributed by atoms with van der Waals surface area (Å²) < 4.78 is 67.1. The van der Waals surface area contributed by atoms with Crippen LogP contribution in [0.25, 0.3) is 0 Å². The Morgan fingerprint density at radius 3 is 2.32 bits per heavy atom. The first-order chi connectivity index (χ1) is 11.8. The Morgan fingerprint density at radius 1 is 1.00 bits per heavy atom. The van der Waals surface area contributed by atoms with Crippen LogP contribution in [0.15, 0.2) is 41.3 Å². The van der Waals surface area contributed by atoms with E-state index in [2.05, 4.69) is 9.46 Å². The van der Waals surface area contributed by atoms with Gasteiger partial charge in [-0.2, -0.15) is 8.78 Å². The van der Waals surface area contributed by atoms with Crippen LogP contribution in [-0.2, 0) is 10.0 Å². The lowest BCUT2D eigenvalue weighted by molar-refractivity contribution is -0.0493. The second-order valence-electron chi connectivity index (χ2n) is 5.00. The maximum atomic E-state index is 12.6. The molecule has 0 amide bonds. The van der Waals surface area contributed by atoms with E-state index in [1.165, 1.54) is 44.6 Å². The first-order valence-corrected chi connectivity index (χ1v) is 8.55. The maximum absolute atomic E-state index is 12.6. The Bertz CT molecular complexity index is 856. The molecule has 136 valence electrons. The lowest BCUT2D eigenvalue weighted by atomic mass is 10.2. The van der Waals surface area contributed by atoms with Gasteiger partial charge in [0, 0.05) is 6.07 Å². The van der Waals surface area contributed by atoms with Crippen molar-refractivity contribution in [2.45, 2.75) is 18.4 Å².